The van der Waals surface area contributed by atoms with E-state index in [0.29, 0.717) is 23.6 Å². The Morgan fingerprint density at radius 3 is 2.41 bits per heavy atom. The zero-order chi connectivity index (χ0) is 12.8. The third-order valence-corrected chi connectivity index (χ3v) is 2.48. The second-order valence-electron chi connectivity index (χ2n) is 3.51. The lowest BCUT2D eigenvalue weighted by molar-refractivity contribution is 0.0788. The molecule has 1 aromatic rings. The monoisotopic (exact) mass is 252 g/mol. The van der Waals surface area contributed by atoms with E-state index in [-0.39, 0.29) is 5.91 Å². The number of ether oxygens (including phenoxy) is 1. The van der Waals surface area contributed by atoms with Crippen molar-refractivity contribution in [3.05, 3.63) is 29.8 Å². The summed E-state index contributed by atoms with van der Waals surface area (Å²) in [7, 11) is 1.59. The number of rotatable bonds is 5. The largest absolute Gasteiger partial charge is 0.497 e. The molecular weight excluding hydrogens is 236 g/mol. The van der Waals surface area contributed by atoms with Gasteiger partial charge in [-0.2, -0.15) is 0 Å². The van der Waals surface area contributed by atoms with E-state index in [1.165, 1.54) is 0 Å². The van der Waals surface area contributed by atoms with Crippen LogP contribution >= 0.6 is 12.2 Å². The van der Waals surface area contributed by atoms with Crippen LogP contribution in [-0.2, 0) is 0 Å². The maximum Gasteiger partial charge on any atom is 0.254 e. The number of amides is 1. The molecule has 0 saturated carbocycles. The number of methoxy groups -OCH3 is 1. The molecule has 0 heterocycles. The summed E-state index contributed by atoms with van der Waals surface area (Å²) in [6.07, 6.45) is 0. The minimum Gasteiger partial charge on any atom is -0.497 e. The van der Waals surface area contributed by atoms with E-state index in [1.54, 1.807) is 36.3 Å². The number of carbonyl (C=O) groups excluding carboxylic acids is 1. The standard InChI is InChI=1S/C12H16N2O2S/c1-3-14(8-11(13)17)12(15)9-4-6-10(16-2)7-5-9/h4-7H,3,8H2,1-2H3,(H2,13,17). The van der Waals surface area contributed by atoms with E-state index in [2.05, 4.69) is 0 Å². The van der Waals surface area contributed by atoms with Gasteiger partial charge in [-0.15, -0.1) is 0 Å². The van der Waals surface area contributed by atoms with Gasteiger partial charge in [0.2, 0.25) is 0 Å². The summed E-state index contributed by atoms with van der Waals surface area (Å²) in [5.41, 5.74) is 6.05. The first-order chi connectivity index (χ1) is 8.08. The summed E-state index contributed by atoms with van der Waals surface area (Å²) in [4.78, 5) is 14.0. The molecule has 92 valence electrons. The molecular formula is C12H16N2O2S. The highest BCUT2D eigenvalue weighted by Crippen LogP contribution is 2.13. The highest BCUT2D eigenvalue weighted by molar-refractivity contribution is 7.80. The van der Waals surface area contributed by atoms with Crippen molar-refractivity contribution in [1.29, 1.82) is 0 Å². The van der Waals surface area contributed by atoms with Crippen LogP contribution in [0.5, 0.6) is 5.75 Å². The van der Waals surface area contributed by atoms with E-state index in [9.17, 15) is 4.79 Å². The maximum atomic E-state index is 12.1. The summed E-state index contributed by atoms with van der Waals surface area (Å²) in [5.74, 6) is 0.641. The number of thiocarbonyl (C=S) groups is 1. The Hall–Kier alpha value is -1.62. The van der Waals surface area contributed by atoms with Crippen molar-refractivity contribution in [2.24, 2.45) is 5.73 Å². The molecule has 0 unspecified atom stereocenters. The van der Waals surface area contributed by atoms with Crippen molar-refractivity contribution in [1.82, 2.24) is 4.90 Å². The number of nitrogens with two attached hydrogens (primary N) is 1. The normalized spacial score (nSPS) is 9.76. The number of carbonyl (C=O) groups is 1. The zero-order valence-electron chi connectivity index (χ0n) is 9.97. The molecule has 0 saturated heterocycles. The van der Waals surface area contributed by atoms with Crippen LogP contribution in [0, 0.1) is 0 Å². The highest BCUT2D eigenvalue weighted by atomic mass is 32.1. The Kier molecular flexibility index (Phi) is 4.90. The molecule has 0 spiro atoms. The number of likely N-dealkylation sites (N-methyl/N-ethyl adjacent to an activating group) is 1. The molecule has 4 nitrogen and oxygen atoms in total. The van der Waals surface area contributed by atoms with Crippen LogP contribution in [0.1, 0.15) is 17.3 Å². The molecule has 0 atom stereocenters. The van der Waals surface area contributed by atoms with Crippen LogP contribution in [-0.4, -0.2) is 36.0 Å². The van der Waals surface area contributed by atoms with Crippen molar-refractivity contribution in [2.45, 2.75) is 6.92 Å². The molecule has 0 aliphatic carbocycles. The maximum absolute atomic E-state index is 12.1. The van der Waals surface area contributed by atoms with Gasteiger partial charge in [0.1, 0.15) is 5.75 Å². The van der Waals surface area contributed by atoms with Gasteiger partial charge in [-0.3, -0.25) is 4.79 Å². The fraction of sp³-hybridized carbons (Fsp3) is 0.333. The van der Waals surface area contributed by atoms with Gasteiger partial charge in [-0.05, 0) is 31.2 Å². The van der Waals surface area contributed by atoms with Crippen molar-refractivity contribution >= 4 is 23.1 Å². The van der Waals surface area contributed by atoms with E-state index in [4.69, 9.17) is 22.7 Å². The third kappa shape index (κ3) is 3.71. The summed E-state index contributed by atoms with van der Waals surface area (Å²) >= 11 is 4.81. The third-order valence-electron chi connectivity index (χ3n) is 2.35. The van der Waals surface area contributed by atoms with Gasteiger partial charge >= 0.3 is 0 Å². The Morgan fingerprint density at radius 2 is 2.00 bits per heavy atom. The summed E-state index contributed by atoms with van der Waals surface area (Å²) < 4.78 is 5.03. The lowest BCUT2D eigenvalue weighted by Crippen LogP contribution is -2.37. The van der Waals surface area contributed by atoms with Gasteiger partial charge in [0.05, 0.1) is 18.6 Å². The van der Waals surface area contributed by atoms with Gasteiger partial charge in [-0.1, -0.05) is 12.2 Å². The summed E-state index contributed by atoms with van der Waals surface area (Å²) in [6, 6.07) is 6.95. The van der Waals surface area contributed by atoms with E-state index in [0.717, 1.165) is 5.75 Å². The lowest BCUT2D eigenvalue weighted by atomic mass is 10.2. The molecule has 0 fully saturated rings. The van der Waals surface area contributed by atoms with E-state index in [1.807, 2.05) is 6.92 Å². The fourth-order valence-corrected chi connectivity index (χ4v) is 1.59. The zero-order valence-corrected chi connectivity index (χ0v) is 10.8. The van der Waals surface area contributed by atoms with Crippen LogP contribution in [0.25, 0.3) is 0 Å². The molecule has 2 N–H and O–H groups in total. The van der Waals surface area contributed by atoms with Crippen LogP contribution in [0.15, 0.2) is 24.3 Å². The van der Waals surface area contributed by atoms with Gasteiger partial charge in [-0.25, -0.2) is 0 Å². The molecule has 0 aliphatic rings. The molecule has 0 radical (unpaired) electrons. The van der Waals surface area contributed by atoms with E-state index >= 15 is 0 Å². The van der Waals surface area contributed by atoms with Crippen molar-refractivity contribution < 1.29 is 9.53 Å². The average molecular weight is 252 g/mol. The molecule has 5 heteroatoms. The van der Waals surface area contributed by atoms with Crippen molar-refractivity contribution in [3.63, 3.8) is 0 Å². The van der Waals surface area contributed by atoms with Crippen LogP contribution in [0.3, 0.4) is 0 Å². The minimum absolute atomic E-state index is 0.0806. The Morgan fingerprint density at radius 1 is 1.41 bits per heavy atom. The lowest BCUT2D eigenvalue weighted by Gasteiger charge is -2.20. The van der Waals surface area contributed by atoms with Crippen molar-refractivity contribution in [3.8, 4) is 5.75 Å². The molecule has 17 heavy (non-hydrogen) atoms. The first kappa shape index (κ1) is 13.4. The van der Waals surface area contributed by atoms with Gasteiger partial charge in [0, 0.05) is 12.1 Å². The van der Waals surface area contributed by atoms with Crippen LogP contribution < -0.4 is 10.5 Å². The Labute approximate surface area is 106 Å². The Balaban J connectivity index is 2.82. The molecule has 0 aliphatic heterocycles. The van der Waals surface area contributed by atoms with Crippen LogP contribution in [0.2, 0.25) is 0 Å². The minimum atomic E-state index is -0.0806. The molecule has 1 amide bonds. The summed E-state index contributed by atoms with van der Waals surface area (Å²) in [6.45, 7) is 2.76. The predicted octanol–water partition coefficient (Wildman–Crippen LogP) is 1.44. The molecule has 0 bridgehead atoms. The van der Waals surface area contributed by atoms with Gasteiger partial charge < -0.3 is 15.4 Å². The molecule has 0 aromatic heterocycles. The highest BCUT2D eigenvalue weighted by Gasteiger charge is 2.14. The molecule has 1 rings (SSSR count). The second kappa shape index (κ2) is 6.20. The smallest absolute Gasteiger partial charge is 0.254 e. The van der Waals surface area contributed by atoms with Gasteiger partial charge in [0.25, 0.3) is 5.91 Å². The Bertz CT molecular complexity index is 403. The van der Waals surface area contributed by atoms with E-state index < -0.39 is 0 Å². The second-order valence-corrected chi connectivity index (χ2v) is 4.04. The first-order valence-electron chi connectivity index (χ1n) is 5.30. The number of nitrogens with zero attached hydrogens (tertiary/aromatic N) is 1. The number of benzene rings is 1. The fourth-order valence-electron chi connectivity index (χ4n) is 1.43. The quantitative estimate of drug-likeness (QED) is 0.806. The first-order valence-corrected chi connectivity index (χ1v) is 5.71. The number of hydrogen-bond donors (Lipinski definition) is 1. The average Bonchev–Trinajstić information content (AvgIpc) is 2.35. The topological polar surface area (TPSA) is 55.6 Å². The van der Waals surface area contributed by atoms with Gasteiger partial charge in [0.15, 0.2) is 0 Å². The summed E-state index contributed by atoms with van der Waals surface area (Å²) in [5, 5.41) is 0. The number of hydrogen-bond acceptors (Lipinski definition) is 3. The molecule has 1 aromatic carbocycles. The van der Waals surface area contributed by atoms with Crippen LogP contribution in [0.4, 0.5) is 0 Å². The predicted molar refractivity (Wildman–Crippen MR) is 71.4 cm³/mol. The van der Waals surface area contributed by atoms with Crippen molar-refractivity contribution in [2.75, 3.05) is 20.2 Å². The SMILES string of the molecule is CCN(CC(N)=S)C(=O)c1ccc(OC)cc1.